The second-order valence-electron chi connectivity index (χ2n) is 6.09. The Kier molecular flexibility index (Phi) is 4.52. The van der Waals surface area contributed by atoms with Crippen LogP contribution in [0.1, 0.15) is 58.7 Å². The topological polar surface area (TPSA) is 12.9 Å². The lowest BCUT2D eigenvalue weighted by Crippen LogP contribution is -2.13. The van der Waals surface area contributed by atoms with Crippen LogP contribution in [0.15, 0.2) is 18.3 Å². The standard InChI is InChI=1S/C15H25N/c1-12(2)7-6-8-13-9-10-14(16-11-13)15(3,4)5/h9-12H,6-8H2,1-5H3. The molecule has 0 aromatic carbocycles. The number of aromatic nitrogens is 1. The summed E-state index contributed by atoms with van der Waals surface area (Å²) in [7, 11) is 0. The van der Waals surface area contributed by atoms with E-state index < -0.39 is 0 Å². The molecule has 0 aliphatic carbocycles. The maximum atomic E-state index is 4.55. The second kappa shape index (κ2) is 5.47. The molecule has 1 aromatic rings. The Morgan fingerprint density at radius 1 is 1.19 bits per heavy atom. The van der Waals surface area contributed by atoms with Crippen molar-refractivity contribution in [3.8, 4) is 0 Å². The predicted octanol–water partition coefficient (Wildman–Crippen LogP) is 4.36. The molecule has 0 bridgehead atoms. The third kappa shape index (κ3) is 4.34. The van der Waals surface area contributed by atoms with E-state index >= 15 is 0 Å². The Morgan fingerprint density at radius 3 is 2.31 bits per heavy atom. The fourth-order valence-corrected chi connectivity index (χ4v) is 1.73. The smallest absolute Gasteiger partial charge is 0.0457 e. The van der Waals surface area contributed by atoms with E-state index in [9.17, 15) is 0 Å². The van der Waals surface area contributed by atoms with Crippen LogP contribution in [0.5, 0.6) is 0 Å². The molecule has 16 heavy (non-hydrogen) atoms. The zero-order valence-electron chi connectivity index (χ0n) is 11.4. The van der Waals surface area contributed by atoms with Gasteiger partial charge in [-0.25, -0.2) is 0 Å². The van der Waals surface area contributed by atoms with Gasteiger partial charge in [0.1, 0.15) is 0 Å². The van der Waals surface area contributed by atoms with E-state index in [1.54, 1.807) is 0 Å². The van der Waals surface area contributed by atoms with Gasteiger partial charge in [0, 0.05) is 17.3 Å². The van der Waals surface area contributed by atoms with Crippen molar-refractivity contribution < 1.29 is 0 Å². The number of hydrogen-bond donors (Lipinski definition) is 0. The zero-order valence-corrected chi connectivity index (χ0v) is 11.4. The van der Waals surface area contributed by atoms with Crippen LogP contribution in [-0.4, -0.2) is 4.98 Å². The van der Waals surface area contributed by atoms with Crippen molar-refractivity contribution in [2.45, 2.75) is 59.3 Å². The molecule has 90 valence electrons. The molecule has 1 heteroatoms. The van der Waals surface area contributed by atoms with Gasteiger partial charge in [-0.3, -0.25) is 4.98 Å². The molecule has 0 amide bonds. The molecule has 0 aliphatic heterocycles. The molecular formula is C15H25N. The number of rotatable bonds is 4. The molecule has 0 atom stereocenters. The van der Waals surface area contributed by atoms with Gasteiger partial charge in [-0.1, -0.05) is 47.1 Å². The van der Waals surface area contributed by atoms with E-state index in [0.29, 0.717) is 0 Å². The number of nitrogens with zero attached hydrogens (tertiary/aromatic N) is 1. The molecule has 1 aromatic heterocycles. The molecule has 0 N–H and O–H groups in total. The predicted molar refractivity (Wildman–Crippen MR) is 70.7 cm³/mol. The van der Waals surface area contributed by atoms with E-state index in [1.807, 2.05) is 6.20 Å². The van der Waals surface area contributed by atoms with Crippen molar-refractivity contribution in [2.24, 2.45) is 5.92 Å². The average molecular weight is 219 g/mol. The lowest BCUT2D eigenvalue weighted by Gasteiger charge is -2.17. The van der Waals surface area contributed by atoms with Crippen LogP contribution in [0.25, 0.3) is 0 Å². The first kappa shape index (κ1) is 13.2. The van der Waals surface area contributed by atoms with Gasteiger partial charge in [-0.15, -0.1) is 0 Å². The van der Waals surface area contributed by atoms with E-state index in [2.05, 4.69) is 51.7 Å². The minimum atomic E-state index is 0.163. The highest BCUT2D eigenvalue weighted by Crippen LogP contribution is 2.20. The van der Waals surface area contributed by atoms with Crippen LogP contribution in [0.4, 0.5) is 0 Å². The molecule has 1 rings (SSSR count). The highest BCUT2D eigenvalue weighted by atomic mass is 14.7. The highest BCUT2D eigenvalue weighted by molar-refractivity contribution is 5.19. The fourth-order valence-electron chi connectivity index (χ4n) is 1.73. The first-order valence-corrected chi connectivity index (χ1v) is 6.35. The summed E-state index contributed by atoms with van der Waals surface area (Å²) in [5.74, 6) is 0.807. The largest absolute Gasteiger partial charge is 0.260 e. The summed E-state index contributed by atoms with van der Waals surface area (Å²) in [5.41, 5.74) is 2.71. The molecule has 0 unspecified atom stereocenters. The van der Waals surface area contributed by atoms with Crippen molar-refractivity contribution >= 4 is 0 Å². The Balaban J connectivity index is 2.52. The highest BCUT2D eigenvalue weighted by Gasteiger charge is 2.14. The van der Waals surface area contributed by atoms with Gasteiger partial charge in [0.2, 0.25) is 0 Å². The molecule has 1 heterocycles. The van der Waals surface area contributed by atoms with Crippen molar-refractivity contribution in [2.75, 3.05) is 0 Å². The quantitative estimate of drug-likeness (QED) is 0.733. The summed E-state index contributed by atoms with van der Waals surface area (Å²) in [5, 5.41) is 0. The lowest BCUT2D eigenvalue weighted by molar-refractivity contribution is 0.552. The van der Waals surface area contributed by atoms with Crippen molar-refractivity contribution in [1.29, 1.82) is 0 Å². The van der Waals surface area contributed by atoms with Crippen LogP contribution in [0.2, 0.25) is 0 Å². The molecule has 1 nitrogen and oxygen atoms in total. The minimum Gasteiger partial charge on any atom is -0.260 e. The normalized spacial score (nSPS) is 12.1. The van der Waals surface area contributed by atoms with E-state index in [-0.39, 0.29) is 5.41 Å². The summed E-state index contributed by atoms with van der Waals surface area (Å²) < 4.78 is 0. The monoisotopic (exact) mass is 219 g/mol. The first-order valence-electron chi connectivity index (χ1n) is 6.35. The first-order chi connectivity index (χ1) is 7.39. The lowest BCUT2D eigenvalue weighted by atomic mass is 9.91. The second-order valence-corrected chi connectivity index (χ2v) is 6.09. The summed E-state index contributed by atoms with van der Waals surface area (Å²) in [6, 6.07) is 4.40. The molecular weight excluding hydrogens is 194 g/mol. The molecule has 0 saturated heterocycles. The molecule has 0 radical (unpaired) electrons. The van der Waals surface area contributed by atoms with Gasteiger partial charge >= 0.3 is 0 Å². The van der Waals surface area contributed by atoms with Gasteiger partial charge in [0.15, 0.2) is 0 Å². The van der Waals surface area contributed by atoms with Crippen LogP contribution in [-0.2, 0) is 11.8 Å². The van der Waals surface area contributed by atoms with Crippen LogP contribution in [0, 0.1) is 5.92 Å². The summed E-state index contributed by atoms with van der Waals surface area (Å²) in [6.45, 7) is 11.2. The Labute approximate surface area is 100 Å². The Morgan fingerprint density at radius 2 is 1.88 bits per heavy atom. The summed E-state index contributed by atoms with van der Waals surface area (Å²) in [4.78, 5) is 4.55. The summed E-state index contributed by atoms with van der Waals surface area (Å²) in [6.07, 6.45) is 5.78. The summed E-state index contributed by atoms with van der Waals surface area (Å²) >= 11 is 0. The SMILES string of the molecule is CC(C)CCCc1ccc(C(C)(C)C)nc1. The molecule has 0 saturated carbocycles. The number of pyridine rings is 1. The van der Waals surface area contributed by atoms with Crippen LogP contribution >= 0.6 is 0 Å². The van der Waals surface area contributed by atoms with Crippen LogP contribution < -0.4 is 0 Å². The number of hydrogen-bond acceptors (Lipinski definition) is 1. The molecule has 0 spiro atoms. The third-order valence-corrected chi connectivity index (χ3v) is 2.84. The average Bonchev–Trinajstić information content (AvgIpc) is 2.16. The Bertz CT molecular complexity index is 303. The van der Waals surface area contributed by atoms with Gasteiger partial charge in [0.05, 0.1) is 0 Å². The van der Waals surface area contributed by atoms with Crippen molar-refractivity contribution in [3.05, 3.63) is 29.6 Å². The fraction of sp³-hybridized carbons (Fsp3) is 0.667. The van der Waals surface area contributed by atoms with Crippen molar-refractivity contribution in [1.82, 2.24) is 4.98 Å². The van der Waals surface area contributed by atoms with Gasteiger partial charge in [-0.2, -0.15) is 0 Å². The van der Waals surface area contributed by atoms with E-state index in [4.69, 9.17) is 0 Å². The van der Waals surface area contributed by atoms with Gasteiger partial charge < -0.3 is 0 Å². The maximum Gasteiger partial charge on any atom is 0.0457 e. The van der Waals surface area contributed by atoms with E-state index in [1.165, 1.54) is 24.1 Å². The Hall–Kier alpha value is -0.850. The van der Waals surface area contributed by atoms with E-state index in [0.717, 1.165) is 12.3 Å². The molecule has 0 aliphatic rings. The third-order valence-electron chi connectivity index (χ3n) is 2.84. The minimum absolute atomic E-state index is 0.163. The molecule has 0 fully saturated rings. The number of aryl methyl sites for hydroxylation is 1. The van der Waals surface area contributed by atoms with Crippen LogP contribution in [0.3, 0.4) is 0 Å². The zero-order chi connectivity index (χ0) is 12.2. The maximum absolute atomic E-state index is 4.55. The van der Waals surface area contributed by atoms with Gasteiger partial charge in [-0.05, 0) is 30.4 Å². The van der Waals surface area contributed by atoms with Crippen molar-refractivity contribution in [3.63, 3.8) is 0 Å². The van der Waals surface area contributed by atoms with Gasteiger partial charge in [0.25, 0.3) is 0 Å².